The summed E-state index contributed by atoms with van der Waals surface area (Å²) in [5, 5.41) is 0. The minimum Gasteiger partial charge on any atom is -0.380 e. The van der Waals surface area contributed by atoms with Gasteiger partial charge in [-0.2, -0.15) is 0 Å². The van der Waals surface area contributed by atoms with Gasteiger partial charge in [-0.05, 0) is 43.6 Å². The summed E-state index contributed by atoms with van der Waals surface area (Å²) in [6.45, 7) is 2.91. The third-order valence-electron chi connectivity index (χ3n) is 5.16. The summed E-state index contributed by atoms with van der Waals surface area (Å²) in [5.41, 5.74) is 6.99. The van der Waals surface area contributed by atoms with E-state index in [1.54, 1.807) is 0 Å². The fraction of sp³-hybridized carbons (Fsp3) is 1.00. The lowest BCUT2D eigenvalue weighted by Crippen LogP contribution is -2.56. The smallest absolute Gasteiger partial charge is 0.0553 e. The molecule has 80 valence electrons. The van der Waals surface area contributed by atoms with Crippen LogP contribution in [0.1, 0.15) is 38.5 Å². The molecule has 3 aliphatic rings. The van der Waals surface area contributed by atoms with Gasteiger partial charge in [0.25, 0.3) is 0 Å². The van der Waals surface area contributed by atoms with E-state index in [2.05, 4.69) is 0 Å². The van der Waals surface area contributed by atoms with Crippen molar-refractivity contribution in [3.8, 4) is 0 Å². The molecule has 14 heavy (non-hydrogen) atoms. The summed E-state index contributed by atoms with van der Waals surface area (Å²) in [4.78, 5) is 0. The first-order chi connectivity index (χ1) is 6.83. The number of hydrogen-bond acceptors (Lipinski definition) is 2. The summed E-state index contributed by atoms with van der Waals surface area (Å²) < 4.78 is 5.52. The Hall–Kier alpha value is -0.0800. The van der Waals surface area contributed by atoms with Crippen molar-refractivity contribution >= 4 is 0 Å². The Balaban J connectivity index is 1.83. The third-order valence-corrected chi connectivity index (χ3v) is 5.16. The molecule has 0 amide bonds. The monoisotopic (exact) mass is 195 g/mol. The van der Waals surface area contributed by atoms with E-state index in [1.165, 1.54) is 38.5 Å². The second kappa shape index (κ2) is 2.96. The predicted molar refractivity (Wildman–Crippen MR) is 55.9 cm³/mol. The molecule has 0 radical (unpaired) electrons. The van der Waals surface area contributed by atoms with E-state index in [4.69, 9.17) is 10.5 Å². The Kier molecular flexibility index (Phi) is 1.94. The van der Waals surface area contributed by atoms with Gasteiger partial charge in [-0.25, -0.2) is 0 Å². The molecule has 1 heterocycles. The maximum Gasteiger partial charge on any atom is 0.0553 e. The molecule has 0 bridgehead atoms. The molecule has 0 aromatic rings. The van der Waals surface area contributed by atoms with Crippen molar-refractivity contribution in [2.75, 3.05) is 19.8 Å². The highest BCUT2D eigenvalue weighted by molar-refractivity contribution is 5.13. The fourth-order valence-corrected chi connectivity index (χ4v) is 3.83. The molecule has 2 nitrogen and oxygen atoms in total. The zero-order valence-corrected chi connectivity index (χ0v) is 8.93. The largest absolute Gasteiger partial charge is 0.380 e. The molecule has 2 heteroatoms. The average molecular weight is 195 g/mol. The second-order valence-corrected chi connectivity index (χ2v) is 5.61. The first-order valence-electron chi connectivity index (χ1n) is 6.11. The Bertz CT molecular complexity index is 224. The van der Waals surface area contributed by atoms with Crippen molar-refractivity contribution in [2.45, 2.75) is 38.5 Å². The van der Waals surface area contributed by atoms with Crippen LogP contribution in [0.3, 0.4) is 0 Å². The van der Waals surface area contributed by atoms with E-state index >= 15 is 0 Å². The van der Waals surface area contributed by atoms with Crippen molar-refractivity contribution < 1.29 is 4.74 Å². The summed E-state index contributed by atoms with van der Waals surface area (Å²) in [6.07, 6.45) is 8.48. The maximum atomic E-state index is 5.98. The van der Waals surface area contributed by atoms with Crippen molar-refractivity contribution in [3.63, 3.8) is 0 Å². The van der Waals surface area contributed by atoms with Crippen molar-refractivity contribution in [1.82, 2.24) is 0 Å². The van der Waals surface area contributed by atoms with Crippen LogP contribution in [-0.2, 0) is 4.74 Å². The molecular formula is C12H21NO. The van der Waals surface area contributed by atoms with Gasteiger partial charge >= 0.3 is 0 Å². The lowest BCUT2D eigenvalue weighted by Gasteiger charge is -2.52. The molecule has 0 aromatic heterocycles. The van der Waals surface area contributed by atoms with E-state index < -0.39 is 0 Å². The Morgan fingerprint density at radius 1 is 1.14 bits per heavy atom. The van der Waals surface area contributed by atoms with E-state index in [9.17, 15) is 0 Å². The number of hydrogen-bond donors (Lipinski definition) is 1. The molecule has 3 rings (SSSR count). The van der Waals surface area contributed by atoms with Crippen LogP contribution in [0.5, 0.6) is 0 Å². The van der Waals surface area contributed by atoms with Gasteiger partial charge in [0.05, 0.1) is 13.2 Å². The van der Waals surface area contributed by atoms with Crippen molar-refractivity contribution in [3.05, 3.63) is 0 Å². The number of rotatable bonds is 3. The normalized spacial score (nSPS) is 34.1. The van der Waals surface area contributed by atoms with E-state index in [-0.39, 0.29) is 0 Å². The van der Waals surface area contributed by atoms with Crippen LogP contribution in [0.25, 0.3) is 0 Å². The highest BCUT2D eigenvalue weighted by Gasteiger charge is 2.64. The quantitative estimate of drug-likeness (QED) is 0.747. The number of nitrogens with two attached hydrogens (primary N) is 1. The van der Waals surface area contributed by atoms with E-state index in [1.807, 2.05) is 0 Å². The molecule has 0 aromatic carbocycles. The molecular weight excluding hydrogens is 174 g/mol. The molecule has 3 fully saturated rings. The molecule has 2 N–H and O–H groups in total. The highest BCUT2D eigenvalue weighted by atomic mass is 16.5. The molecule has 0 atom stereocenters. The van der Waals surface area contributed by atoms with Gasteiger partial charge in [-0.3, -0.25) is 0 Å². The van der Waals surface area contributed by atoms with Crippen molar-refractivity contribution in [1.29, 1.82) is 0 Å². The molecule has 0 unspecified atom stereocenters. The van der Waals surface area contributed by atoms with Crippen LogP contribution in [0.4, 0.5) is 0 Å². The van der Waals surface area contributed by atoms with Gasteiger partial charge in [-0.15, -0.1) is 0 Å². The molecule has 0 spiro atoms. The molecule has 2 aliphatic carbocycles. The van der Waals surface area contributed by atoms with Crippen LogP contribution in [0.2, 0.25) is 0 Å². The molecule has 1 aliphatic heterocycles. The average Bonchev–Trinajstić information content (AvgIpc) is 2.72. The molecule has 2 saturated carbocycles. The zero-order valence-electron chi connectivity index (χ0n) is 8.93. The van der Waals surface area contributed by atoms with Gasteiger partial charge in [0.1, 0.15) is 0 Å². The number of ether oxygens (including phenoxy) is 1. The zero-order chi connectivity index (χ0) is 9.65. The topological polar surface area (TPSA) is 35.2 Å². The minimum absolute atomic E-state index is 0.500. The first kappa shape index (κ1) is 9.17. The van der Waals surface area contributed by atoms with Gasteiger partial charge in [0.2, 0.25) is 0 Å². The second-order valence-electron chi connectivity index (χ2n) is 5.61. The van der Waals surface area contributed by atoms with E-state index in [0.29, 0.717) is 10.8 Å². The van der Waals surface area contributed by atoms with Gasteiger partial charge < -0.3 is 10.5 Å². The Labute approximate surface area is 86.2 Å². The van der Waals surface area contributed by atoms with Crippen molar-refractivity contribution in [2.24, 2.45) is 22.5 Å². The first-order valence-corrected chi connectivity index (χ1v) is 6.11. The maximum absolute atomic E-state index is 5.98. The lowest BCUT2D eigenvalue weighted by molar-refractivity contribution is -0.184. The van der Waals surface area contributed by atoms with Crippen LogP contribution in [-0.4, -0.2) is 19.8 Å². The predicted octanol–water partition coefficient (Wildman–Crippen LogP) is 1.93. The summed E-state index contributed by atoms with van der Waals surface area (Å²) in [7, 11) is 0. The lowest BCUT2D eigenvalue weighted by atomic mass is 9.62. The highest BCUT2D eigenvalue weighted by Crippen LogP contribution is 2.66. The Morgan fingerprint density at radius 3 is 2.14 bits per heavy atom. The third kappa shape index (κ3) is 0.989. The van der Waals surface area contributed by atoms with Gasteiger partial charge in [-0.1, -0.05) is 12.8 Å². The van der Waals surface area contributed by atoms with E-state index in [0.717, 1.165) is 25.7 Å². The van der Waals surface area contributed by atoms with Crippen LogP contribution < -0.4 is 5.73 Å². The van der Waals surface area contributed by atoms with Crippen LogP contribution >= 0.6 is 0 Å². The minimum atomic E-state index is 0.500. The van der Waals surface area contributed by atoms with Gasteiger partial charge in [0.15, 0.2) is 0 Å². The standard InChI is InChI=1S/C12H21NO/c13-7-11(5-6-11)12(8-14-9-12)10-3-1-2-4-10/h10H,1-9,13H2. The summed E-state index contributed by atoms with van der Waals surface area (Å²) in [6, 6.07) is 0. The van der Waals surface area contributed by atoms with Gasteiger partial charge in [0, 0.05) is 5.41 Å². The fourth-order valence-electron chi connectivity index (χ4n) is 3.83. The SMILES string of the molecule is NCC1(C2(C3CCCC3)COC2)CC1. The molecule has 1 saturated heterocycles. The van der Waals surface area contributed by atoms with Crippen LogP contribution in [0, 0.1) is 16.7 Å². The summed E-state index contributed by atoms with van der Waals surface area (Å²) >= 11 is 0. The Morgan fingerprint density at radius 2 is 1.79 bits per heavy atom. The summed E-state index contributed by atoms with van der Waals surface area (Å²) in [5.74, 6) is 0.933. The van der Waals surface area contributed by atoms with Crippen LogP contribution in [0.15, 0.2) is 0 Å².